The quantitative estimate of drug-likeness (QED) is 0.0264. The van der Waals surface area contributed by atoms with Crippen LogP contribution in [-0.4, -0.2) is 49.3 Å². The monoisotopic (exact) mass is 1040 g/mol. The summed E-state index contributed by atoms with van der Waals surface area (Å²) < 4.78 is 33.1. The average molecular weight is 1040 g/mol. The largest absolute Gasteiger partial charge is 0.472 e. The zero-order valence-electron chi connectivity index (χ0n) is 47.4. The number of ether oxygens (including phenoxy) is 2. The number of phosphoric ester groups is 1. The zero-order valence-corrected chi connectivity index (χ0v) is 48.3. The highest BCUT2D eigenvalue weighted by molar-refractivity contribution is 7.47. The third-order valence-corrected chi connectivity index (χ3v) is 14.1. The van der Waals surface area contributed by atoms with Crippen molar-refractivity contribution in [1.82, 2.24) is 0 Å². The number of unbranched alkanes of at least 4 members (excludes halogenated alkanes) is 32. The predicted molar refractivity (Wildman–Crippen MR) is 312 cm³/mol. The van der Waals surface area contributed by atoms with E-state index in [-0.39, 0.29) is 38.6 Å². The molecule has 3 N–H and O–H groups in total. The molecule has 0 radical (unpaired) electrons. The Kier molecular flexibility index (Phi) is 56.7. The van der Waals surface area contributed by atoms with E-state index in [2.05, 4.69) is 86.8 Å². The molecule has 2 unspecified atom stereocenters. The minimum absolute atomic E-state index is 0.0531. The highest BCUT2D eigenvalue weighted by atomic mass is 31.2. The fourth-order valence-electron chi connectivity index (χ4n) is 8.64. The fourth-order valence-corrected chi connectivity index (χ4v) is 9.41. The van der Waals surface area contributed by atoms with Crippen molar-refractivity contribution in [1.29, 1.82) is 0 Å². The van der Waals surface area contributed by atoms with E-state index in [1.54, 1.807) is 0 Å². The second-order valence-corrected chi connectivity index (χ2v) is 21.7. The van der Waals surface area contributed by atoms with E-state index in [1.807, 2.05) is 0 Å². The SMILES string of the molecule is CC/C=C\C/C=C\C/C=C\C/C=C\C/C=C\C/C=C\CCCCCCCCCCCCCCCCC(=O)OC(COC(=O)CCCCCCCCCCCCCCCCCCCCC)COP(=O)(O)OCCN. The molecule has 0 aliphatic carbocycles. The van der Waals surface area contributed by atoms with Gasteiger partial charge in [0, 0.05) is 19.4 Å². The molecular formula is C63H114NO8P. The van der Waals surface area contributed by atoms with Crippen molar-refractivity contribution in [2.75, 3.05) is 26.4 Å². The summed E-state index contributed by atoms with van der Waals surface area (Å²) in [5, 5.41) is 0. The summed E-state index contributed by atoms with van der Waals surface area (Å²) in [4.78, 5) is 35.2. The molecule has 0 spiro atoms. The average Bonchev–Trinajstić information content (AvgIpc) is 3.38. The van der Waals surface area contributed by atoms with E-state index in [4.69, 9.17) is 24.3 Å². The van der Waals surface area contributed by atoms with Crippen LogP contribution in [0.25, 0.3) is 0 Å². The van der Waals surface area contributed by atoms with Gasteiger partial charge in [0.1, 0.15) is 6.61 Å². The fraction of sp³-hybridized carbons (Fsp3) is 0.778. The Morgan fingerprint density at radius 2 is 0.753 bits per heavy atom. The summed E-state index contributed by atoms with van der Waals surface area (Å²) in [5.74, 6) is -0.817. The Morgan fingerprint density at radius 3 is 1.12 bits per heavy atom. The highest BCUT2D eigenvalue weighted by Gasteiger charge is 2.26. The maximum absolute atomic E-state index is 12.7. The molecule has 0 aliphatic rings. The van der Waals surface area contributed by atoms with Crippen molar-refractivity contribution in [2.24, 2.45) is 5.73 Å². The minimum Gasteiger partial charge on any atom is -0.462 e. The van der Waals surface area contributed by atoms with E-state index in [0.29, 0.717) is 6.42 Å². The van der Waals surface area contributed by atoms with Crippen LogP contribution in [0.5, 0.6) is 0 Å². The van der Waals surface area contributed by atoms with Gasteiger partial charge in [-0.05, 0) is 64.2 Å². The van der Waals surface area contributed by atoms with Gasteiger partial charge in [-0.2, -0.15) is 0 Å². The Labute approximate surface area is 450 Å². The van der Waals surface area contributed by atoms with Crippen molar-refractivity contribution < 1.29 is 37.6 Å². The van der Waals surface area contributed by atoms with Crippen LogP contribution in [0, 0.1) is 0 Å². The lowest BCUT2D eigenvalue weighted by atomic mass is 10.0. The van der Waals surface area contributed by atoms with E-state index in [0.717, 1.165) is 77.0 Å². The minimum atomic E-state index is -4.39. The number of allylic oxidation sites excluding steroid dienone is 12. The summed E-state index contributed by atoms with van der Waals surface area (Å²) >= 11 is 0. The van der Waals surface area contributed by atoms with Gasteiger partial charge >= 0.3 is 19.8 Å². The molecule has 0 aromatic rings. The van der Waals surface area contributed by atoms with Gasteiger partial charge in [0.15, 0.2) is 6.10 Å². The third kappa shape index (κ3) is 58.6. The molecule has 0 aromatic heterocycles. The Hall–Kier alpha value is -2.55. The van der Waals surface area contributed by atoms with Crippen LogP contribution in [0.2, 0.25) is 0 Å². The molecule has 0 saturated heterocycles. The Bertz CT molecular complexity index is 1420. The second kappa shape index (κ2) is 58.7. The van der Waals surface area contributed by atoms with Crippen LogP contribution >= 0.6 is 7.82 Å². The number of hydrogen-bond acceptors (Lipinski definition) is 8. The van der Waals surface area contributed by atoms with Crippen LogP contribution < -0.4 is 5.73 Å². The standard InChI is InChI=1S/C63H114NO8P/c1-3-5-7-9-11-13-15-17-19-21-23-24-25-26-27-28-29-30-31-32-33-34-35-36-38-40-42-44-46-48-50-52-54-56-63(66)72-61(60-71-73(67,68)70-58-57-64)59-69-62(65)55-53-51-49-47-45-43-41-39-37-22-20-18-16-14-12-10-8-6-4-2/h5,7,11,13,17,19,23-24,26-27,29-30,61H,3-4,6,8-10,12,14-16,18,20-22,25,28,31-60,64H2,1-2H3,(H,67,68)/b7-5-,13-11-,19-17-,24-23-,27-26-,30-29-. The molecule has 424 valence electrons. The summed E-state index contributed by atoms with van der Waals surface area (Å²) in [6.07, 6.45) is 75.3. The van der Waals surface area contributed by atoms with Gasteiger partial charge in [0.05, 0.1) is 13.2 Å². The summed E-state index contributed by atoms with van der Waals surface area (Å²) in [7, 11) is -4.39. The number of carbonyl (C=O) groups excluding carboxylic acids is 2. The lowest BCUT2D eigenvalue weighted by molar-refractivity contribution is -0.161. The molecule has 9 nitrogen and oxygen atoms in total. The normalized spacial score (nSPS) is 13.5. The maximum atomic E-state index is 12.7. The summed E-state index contributed by atoms with van der Waals surface area (Å²) in [6.45, 7) is 3.67. The lowest BCUT2D eigenvalue weighted by Gasteiger charge is -2.19. The summed E-state index contributed by atoms with van der Waals surface area (Å²) in [5.41, 5.74) is 5.39. The van der Waals surface area contributed by atoms with Crippen molar-refractivity contribution in [3.05, 3.63) is 72.9 Å². The van der Waals surface area contributed by atoms with Crippen LogP contribution in [0.1, 0.15) is 284 Å². The number of nitrogens with two attached hydrogens (primary N) is 1. The molecule has 0 rings (SSSR count). The van der Waals surface area contributed by atoms with Gasteiger partial charge in [-0.25, -0.2) is 4.57 Å². The van der Waals surface area contributed by atoms with Gasteiger partial charge in [-0.3, -0.25) is 18.6 Å². The van der Waals surface area contributed by atoms with Crippen LogP contribution in [-0.2, 0) is 32.7 Å². The van der Waals surface area contributed by atoms with Crippen LogP contribution in [0.4, 0.5) is 0 Å². The molecular weight excluding hydrogens is 930 g/mol. The topological polar surface area (TPSA) is 134 Å². The first-order valence-corrected chi connectivity index (χ1v) is 31.9. The number of phosphoric acid groups is 1. The van der Waals surface area contributed by atoms with E-state index < -0.39 is 26.5 Å². The summed E-state index contributed by atoms with van der Waals surface area (Å²) in [6, 6.07) is 0. The zero-order chi connectivity index (χ0) is 53.1. The number of carbonyl (C=O) groups is 2. The van der Waals surface area contributed by atoms with E-state index in [9.17, 15) is 19.0 Å². The third-order valence-electron chi connectivity index (χ3n) is 13.1. The first-order chi connectivity index (χ1) is 35.8. The molecule has 0 saturated carbocycles. The smallest absolute Gasteiger partial charge is 0.462 e. The first kappa shape index (κ1) is 70.5. The van der Waals surface area contributed by atoms with Gasteiger partial charge in [-0.1, -0.05) is 279 Å². The molecule has 0 aromatic carbocycles. The lowest BCUT2D eigenvalue weighted by Crippen LogP contribution is -2.29. The Morgan fingerprint density at radius 1 is 0.425 bits per heavy atom. The van der Waals surface area contributed by atoms with Gasteiger partial charge < -0.3 is 20.1 Å². The van der Waals surface area contributed by atoms with Gasteiger partial charge in [0.2, 0.25) is 0 Å². The molecule has 0 heterocycles. The number of esters is 2. The Balaban J connectivity index is 3.92. The number of rotatable bonds is 57. The van der Waals surface area contributed by atoms with Gasteiger partial charge in [0.25, 0.3) is 0 Å². The predicted octanol–water partition coefficient (Wildman–Crippen LogP) is 19.3. The molecule has 0 aliphatic heterocycles. The molecule has 2 atom stereocenters. The van der Waals surface area contributed by atoms with Crippen LogP contribution in [0.15, 0.2) is 72.9 Å². The molecule has 10 heteroatoms. The van der Waals surface area contributed by atoms with Crippen molar-refractivity contribution in [2.45, 2.75) is 290 Å². The van der Waals surface area contributed by atoms with Crippen molar-refractivity contribution in [3.8, 4) is 0 Å². The molecule has 73 heavy (non-hydrogen) atoms. The van der Waals surface area contributed by atoms with Gasteiger partial charge in [-0.15, -0.1) is 0 Å². The maximum Gasteiger partial charge on any atom is 0.472 e. The highest BCUT2D eigenvalue weighted by Crippen LogP contribution is 2.43. The number of hydrogen-bond donors (Lipinski definition) is 2. The van der Waals surface area contributed by atoms with Crippen molar-refractivity contribution in [3.63, 3.8) is 0 Å². The molecule has 0 amide bonds. The second-order valence-electron chi connectivity index (χ2n) is 20.2. The van der Waals surface area contributed by atoms with Crippen LogP contribution in [0.3, 0.4) is 0 Å². The van der Waals surface area contributed by atoms with Crippen molar-refractivity contribution >= 4 is 19.8 Å². The molecule has 0 fully saturated rings. The molecule has 0 bridgehead atoms. The van der Waals surface area contributed by atoms with E-state index in [1.165, 1.54) is 173 Å². The first-order valence-electron chi connectivity index (χ1n) is 30.4. The van der Waals surface area contributed by atoms with E-state index >= 15 is 0 Å².